The second-order valence-electron chi connectivity index (χ2n) is 8.12. The minimum absolute atomic E-state index is 0. The minimum atomic E-state index is 0. The Morgan fingerprint density at radius 1 is 0.600 bits per heavy atom. The van der Waals surface area contributed by atoms with E-state index in [4.69, 9.17) is 0 Å². The number of aryl methyl sites for hydroxylation is 6. The Balaban J connectivity index is 0.000000452. The molecule has 0 heterocycles. The molecule has 0 aliphatic heterocycles. The molecular formula is C26H32Cl2HfSi-2. The van der Waals surface area contributed by atoms with Gasteiger partial charge in [0.25, 0.3) is 0 Å². The van der Waals surface area contributed by atoms with Gasteiger partial charge in [0.1, 0.15) is 0 Å². The molecule has 160 valence electrons. The standard InChI is InChI=1S/2C12H13.C2H6Si.2ClH.Hf/c2*1-8-6-11-9(2)4-5-10(3)12(11)7-8;1-3-2;;;/h2*4-7H,1-3H3;1-2H3;2*1H;/q2*-1;;;;+2/p-2. The van der Waals surface area contributed by atoms with Crippen LogP contribution in [-0.2, 0) is 23.0 Å². The molecular weight excluding hydrogens is 590 g/mol. The second-order valence-corrected chi connectivity index (χ2v) is 20.9. The zero-order valence-electron chi connectivity index (χ0n) is 19.4. The van der Waals surface area contributed by atoms with E-state index in [1.807, 2.05) is 0 Å². The molecule has 0 N–H and O–H groups in total. The van der Waals surface area contributed by atoms with Crippen molar-refractivity contribution in [2.75, 3.05) is 0 Å². The summed E-state index contributed by atoms with van der Waals surface area (Å²) in [5, 5.41) is 5.64. The van der Waals surface area contributed by atoms with Crippen molar-refractivity contribution in [3.05, 3.63) is 81.9 Å². The molecule has 0 saturated heterocycles. The quantitative estimate of drug-likeness (QED) is 0.208. The maximum Gasteiger partial charge on any atom is -0.0488 e. The molecule has 4 rings (SSSR count). The fourth-order valence-electron chi connectivity index (χ4n) is 3.47. The van der Waals surface area contributed by atoms with Crippen molar-refractivity contribution in [3.63, 3.8) is 0 Å². The van der Waals surface area contributed by atoms with E-state index in [-0.39, 0.29) is 30.3 Å². The number of rotatable bonds is 0. The Kier molecular flexibility index (Phi) is 12.7. The largest absolute Gasteiger partial charge is 1.00 e. The Morgan fingerprint density at radius 3 is 1.13 bits per heavy atom. The van der Waals surface area contributed by atoms with Crippen LogP contribution in [0.15, 0.2) is 48.5 Å². The van der Waals surface area contributed by atoms with Gasteiger partial charge in [0.05, 0.1) is 0 Å². The first kappa shape index (κ1) is 29.3. The molecule has 4 aromatic rings. The molecule has 0 nitrogen and oxygen atoms in total. The molecule has 0 amide bonds. The zero-order valence-corrected chi connectivity index (χ0v) is 25.5. The molecule has 30 heavy (non-hydrogen) atoms. The summed E-state index contributed by atoms with van der Waals surface area (Å²) >= 11 is 1.45. The van der Waals surface area contributed by atoms with E-state index in [1.54, 1.807) is 0 Å². The summed E-state index contributed by atoms with van der Waals surface area (Å²) in [6, 6.07) is 17.8. The van der Waals surface area contributed by atoms with Gasteiger partial charge in [-0.1, -0.05) is 51.0 Å². The summed E-state index contributed by atoms with van der Waals surface area (Å²) in [6.07, 6.45) is 0. The van der Waals surface area contributed by atoms with E-state index in [0.29, 0.717) is 0 Å². The topological polar surface area (TPSA) is 0 Å². The van der Waals surface area contributed by atoms with Crippen molar-refractivity contribution in [1.82, 2.24) is 0 Å². The summed E-state index contributed by atoms with van der Waals surface area (Å²) < 4.78 is 0. The van der Waals surface area contributed by atoms with Crippen LogP contribution in [0, 0.1) is 41.5 Å². The fraction of sp³-hybridized carbons (Fsp3) is 0.308. The van der Waals surface area contributed by atoms with Gasteiger partial charge in [0, 0.05) is 0 Å². The summed E-state index contributed by atoms with van der Waals surface area (Å²) in [4.78, 5) is 0. The molecule has 0 atom stereocenters. The monoisotopic (exact) mass is 622 g/mol. The van der Waals surface area contributed by atoms with E-state index in [9.17, 15) is 0 Å². The van der Waals surface area contributed by atoms with Crippen LogP contribution < -0.4 is 24.8 Å². The van der Waals surface area contributed by atoms with Gasteiger partial charge in [-0.3, -0.25) is 0 Å². The molecule has 0 bridgehead atoms. The van der Waals surface area contributed by atoms with E-state index in [1.165, 1.54) is 77.9 Å². The van der Waals surface area contributed by atoms with Crippen LogP contribution in [0.3, 0.4) is 0 Å². The van der Waals surface area contributed by atoms with Crippen LogP contribution in [0.5, 0.6) is 0 Å². The first-order valence-electron chi connectivity index (χ1n) is 9.88. The second kappa shape index (κ2) is 13.0. The van der Waals surface area contributed by atoms with Gasteiger partial charge in [-0.25, -0.2) is 0 Å². The average Bonchev–Trinajstić information content (AvgIpc) is 3.19. The predicted octanol–water partition coefficient (Wildman–Crippen LogP) is 1.76. The van der Waals surface area contributed by atoms with Gasteiger partial charge in [0.15, 0.2) is 0 Å². The number of hydrogen-bond acceptors (Lipinski definition) is 0. The zero-order chi connectivity index (χ0) is 21.0. The van der Waals surface area contributed by atoms with Crippen LogP contribution in [0.4, 0.5) is 0 Å². The number of benzene rings is 2. The van der Waals surface area contributed by atoms with Crippen LogP contribution in [0.1, 0.15) is 33.4 Å². The van der Waals surface area contributed by atoms with Crippen molar-refractivity contribution in [2.45, 2.75) is 54.6 Å². The molecule has 0 aliphatic carbocycles. The molecule has 0 unspecified atom stereocenters. The van der Waals surface area contributed by atoms with Crippen molar-refractivity contribution < 1.29 is 47.8 Å². The third-order valence-corrected chi connectivity index (χ3v) is 4.93. The van der Waals surface area contributed by atoms with Crippen molar-refractivity contribution >= 4 is 27.0 Å². The van der Waals surface area contributed by atoms with Gasteiger partial charge >= 0.3 is 41.6 Å². The smallest absolute Gasteiger partial charge is 0.0488 e. The third kappa shape index (κ3) is 7.78. The van der Waals surface area contributed by atoms with Gasteiger partial charge in [-0.05, 0) is 13.8 Å². The molecule has 0 fully saturated rings. The van der Waals surface area contributed by atoms with Crippen molar-refractivity contribution in [3.8, 4) is 0 Å². The van der Waals surface area contributed by atoms with Crippen LogP contribution in [0.2, 0.25) is 13.1 Å². The summed E-state index contributed by atoms with van der Waals surface area (Å²) in [6.45, 7) is 17.6. The maximum atomic E-state index is 2.33. The van der Waals surface area contributed by atoms with Gasteiger partial charge in [-0.2, -0.15) is 12.1 Å². The third-order valence-electron chi connectivity index (χ3n) is 4.93. The number of fused-ring (bicyclic) bond motifs is 2. The molecule has 0 radical (unpaired) electrons. The van der Waals surface area contributed by atoms with Gasteiger partial charge in [0.2, 0.25) is 0 Å². The molecule has 0 spiro atoms. The Labute approximate surface area is 210 Å². The van der Waals surface area contributed by atoms with E-state index >= 15 is 0 Å². The normalized spacial score (nSPS) is 9.67. The number of halogens is 2. The maximum absolute atomic E-state index is 2.33. The SMILES string of the molecule is C[Si](C)=[Hf+2].Cc1cc2c(C)ccc(C)c2[cH-]1.Cc1cc2c(C)ccc(C)c2[cH-]1.[Cl-].[Cl-]. The minimum Gasteiger partial charge on any atom is -1.00 e. The Morgan fingerprint density at radius 2 is 0.867 bits per heavy atom. The van der Waals surface area contributed by atoms with Crippen molar-refractivity contribution in [2.24, 2.45) is 0 Å². The average molecular weight is 622 g/mol. The van der Waals surface area contributed by atoms with E-state index in [2.05, 4.69) is 103 Å². The molecule has 0 aromatic heterocycles. The first-order chi connectivity index (χ1) is 13.1. The first-order valence-corrected chi connectivity index (χ1v) is 17.8. The molecule has 0 aliphatic rings. The van der Waals surface area contributed by atoms with Crippen molar-refractivity contribution in [1.29, 1.82) is 0 Å². The predicted molar refractivity (Wildman–Crippen MR) is 125 cm³/mol. The summed E-state index contributed by atoms with van der Waals surface area (Å²) in [5.41, 5.74) is 8.50. The van der Waals surface area contributed by atoms with Gasteiger partial charge in [-0.15, -0.1) is 68.1 Å². The Bertz CT molecular complexity index is 953. The number of hydrogen-bond donors (Lipinski definition) is 0. The van der Waals surface area contributed by atoms with Gasteiger partial charge < -0.3 is 24.8 Å². The fourth-order valence-corrected chi connectivity index (χ4v) is 3.47. The van der Waals surface area contributed by atoms with Crippen LogP contribution >= 0.6 is 0 Å². The van der Waals surface area contributed by atoms with Crippen LogP contribution in [-0.4, -0.2) is 5.49 Å². The summed E-state index contributed by atoms with van der Waals surface area (Å²) in [5.74, 6) is 0. The van der Waals surface area contributed by atoms with E-state index in [0.717, 1.165) is 0 Å². The van der Waals surface area contributed by atoms with Crippen LogP contribution in [0.25, 0.3) is 21.5 Å². The molecule has 4 aromatic carbocycles. The molecule has 4 heteroatoms. The molecule has 0 saturated carbocycles. The Hall–Kier alpha value is -0.673. The summed E-state index contributed by atoms with van der Waals surface area (Å²) in [7, 11) is 0. The van der Waals surface area contributed by atoms with E-state index < -0.39 is 0 Å².